The zero-order valence-electron chi connectivity index (χ0n) is 15.4. The fourth-order valence-corrected chi connectivity index (χ4v) is 3.19. The molecule has 3 rings (SSSR count). The molecule has 7 nitrogen and oxygen atoms in total. The van der Waals surface area contributed by atoms with Crippen LogP contribution in [-0.2, 0) is 21.2 Å². The van der Waals surface area contributed by atoms with Crippen molar-refractivity contribution < 1.29 is 17.6 Å². The largest absolute Gasteiger partial charge is 0.441 e. The average Bonchev–Trinajstić information content (AvgIpc) is 3.12. The number of hydrogen-bond acceptors (Lipinski definition) is 5. The monoisotopic (exact) mass is 399 g/mol. The van der Waals surface area contributed by atoms with E-state index in [4.69, 9.17) is 4.42 Å². The molecule has 0 bridgehead atoms. The normalized spacial score (nSPS) is 11.2. The van der Waals surface area contributed by atoms with Crippen LogP contribution in [0.4, 0.5) is 11.4 Å². The molecular weight excluding hydrogens is 378 g/mol. The Hall–Kier alpha value is -3.13. The number of carbonyl (C=O) groups excluding carboxylic acids is 1. The van der Waals surface area contributed by atoms with Gasteiger partial charge in [0.15, 0.2) is 11.7 Å². The standard InChI is InChI=1S/C20H21N3O4S/c1-28(25,26)23-17-12-10-16(11-13-17)22-19(24)8-5-9-20-21-14-18(27-20)15-6-3-2-4-7-15/h2-4,6-7,10-14,23H,5,8-9H2,1H3,(H,22,24). The van der Waals surface area contributed by atoms with Crippen molar-refractivity contribution in [3.63, 3.8) is 0 Å². The van der Waals surface area contributed by atoms with Crippen LogP contribution in [0, 0.1) is 0 Å². The number of amides is 1. The smallest absolute Gasteiger partial charge is 0.229 e. The molecule has 28 heavy (non-hydrogen) atoms. The first-order valence-corrected chi connectivity index (χ1v) is 10.7. The minimum absolute atomic E-state index is 0.126. The van der Waals surface area contributed by atoms with Crippen molar-refractivity contribution in [2.24, 2.45) is 0 Å². The lowest BCUT2D eigenvalue weighted by Crippen LogP contribution is -2.12. The Morgan fingerprint density at radius 1 is 1.04 bits per heavy atom. The lowest BCUT2D eigenvalue weighted by atomic mass is 10.2. The van der Waals surface area contributed by atoms with Gasteiger partial charge >= 0.3 is 0 Å². The quantitative estimate of drug-likeness (QED) is 0.602. The number of benzene rings is 2. The third kappa shape index (κ3) is 5.95. The molecule has 0 aliphatic rings. The van der Waals surface area contributed by atoms with Gasteiger partial charge in [-0.2, -0.15) is 0 Å². The van der Waals surface area contributed by atoms with Crippen molar-refractivity contribution >= 4 is 27.3 Å². The van der Waals surface area contributed by atoms with Crippen LogP contribution in [-0.4, -0.2) is 25.6 Å². The van der Waals surface area contributed by atoms with E-state index < -0.39 is 10.0 Å². The van der Waals surface area contributed by atoms with Crippen LogP contribution in [0.15, 0.2) is 65.2 Å². The molecule has 0 atom stereocenters. The summed E-state index contributed by atoms with van der Waals surface area (Å²) in [5.41, 5.74) is 2.01. The van der Waals surface area contributed by atoms with Gasteiger partial charge in [-0.1, -0.05) is 30.3 Å². The molecule has 2 aromatic carbocycles. The predicted molar refractivity (Wildman–Crippen MR) is 108 cm³/mol. The van der Waals surface area contributed by atoms with Gasteiger partial charge in [-0.3, -0.25) is 9.52 Å². The van der Waals surface area contributed by atoms with Gasteiger partial charge in [-0.25, -0.2) is 13.4 Å². The molecule has 1 aromatic heterocycles. The number of aromatic nitrogens is 1. The van der Waals surface area contributed by atoms with E-state index in [9.17, 15) is 13.2 Å². The van der Waals surface area contributed by atoms with Crippen LogP contribution < -0.4 is 10.0 Å². The molecule has 3 aromatic rings. The van der Waals surface area contributed by atoms with Crippen LogP contribution in [0.1, 0.15) is 18.7 Å². The first-order valence-electron chi connectivity index (χ1n) is 8.77. The molecule has 0 spiro atoms. The van der Waals surface area contributed by atoms with E-state index in [1.54, 1.807) is 30.5 Å². The first-order chi connectivity index (χ1) is 13.4. The number of carbonyl (C=O) groups is 1. The maximum Gasteiger partial charge on any atom is 0.229 e. The topological polar surface area (TPSA) is 101 Å². The summed E-state index contributed by atoms with van der Waals surface area (Å²) in [5, 5.41) is 2.78. The SMILES string of the molecule is CS(=O)(=O)Nc1ccc(NC(=O)CCCc2ncc(-c3ccccc3)o2)cc1. The van der Waals surface area contributed by atoms with Crippen molar-refractivity contribution in [1.29, 1.82) is 0 Å². The van der Waals surface area contributed by atoms with Gasteiger partial charge in [0, 0.05) is 29.8 Å². The highest BCUT2D eigenvalue weighted by Crippen LogP contribution is 2.20. The zero-order valence-corrected chi connectivity index (χ0v) is 16.2. The average molecular weight is 399 g/mol. The number of nitrogens with zero attached hydrogens (tertiary/aromatic N) is 1. The summed E-state index contributed by atoms with van der Waals surface area (Å²) in [6, 6.07) is 16.2. The Labute approximate surface area is 163 Å². The fourth-order valence-electron chi connectivity index (χ4n) is 2.62. The molecule has 0 aliphatic heterocycles. The highest BCUT2D eigenvalue weighted by molar-refractivity contribution is 7.92. The van der Waals surface area contributed by atoms with Crippen LogP contribution >= 0.6 is 0 Å². The highest BCUT2D eigenvalue weighted by atomic mass is 32.2. The number of hydrogen-bond donors (Lipinski definition) is 2. The van der Waals surface area contributed by atoms with E-state index >= 15 is 0 Å². The van der Waals surface area contributed by atoms with Gasteiger partial charge < -0.3 is 9.73 Å². The molecule has 0 fully saturated rings. The summed E-state index contributed by atoms with van der Waals surface area (Å²) in [5.74, 6) is 1.18. The number of aryl methyl sites for hydroxylation is 1. The number of rotatable bonds is 8. The summed E-state index contributed by atoms with van der Waals surface area (Å²) < 4.78 is 30.5. The maximum absolute atomic E-state index is 12.1. The number of sulfonamides is 1. The molecule has 8 heteroatoms. The van der Waals surface area contributed by atoms with Gasteiger partial charge in [-0.05, 0) is 30.7 Å². The molecule has 0 saturated heterocycles. The molecule has 2 N–H and O–H groups in total. The van der Waals surface area contributed by atoms with Crippen molar-refractivity contribution in [1.82, 2.24) is 4.98 Å². The third-order valence-electron chi connectivity index (χ3n) is 3.88. The van der Waals surface area contributed by atoms with Crippen LogP contribution in [0.3, 0.4) is 0 Å². The number of anilines is 2. The molecule has 1 heterocycles. The van der Waals surface area contributed by atoms with Gasteiger partial charge in [0.25, 0.3) is 0 Å². The van der Waals surface area contributed by atoms with Crippen LogP contribution in [0.2, 0.25) is 0 Å². The molecular formula is C20H21N3O4S. The molecule has 0 radical (unpaired) electrons. The summed E-state index contributed by atoms with van der Waals surface area (Å²) >= 11 is 0. The van der Waals surface area contributed by atoms with Gasteiger partial charge in [0.2, 0.25) is 15.9 Å². The van der Waals surface area contributed by atoms with E-state index in [-0.39, 0.29) is 5.91 Å². The number of oxazole rings is 1. The van der Waals surface area contributed by atoms with Crippen molar-refractivity contribution in [2.45, 2.75) is 19.3 Å². The first kappa shape index (κ1) is 19.6. The van der Waals surface area contributed by atoms with E-state index in [1.165, 1.54) is 0 Å². The Balaban J connectivity index is 1.45. The van der Waals surface area contributed by atoms with Crippen molar-refractivity contribution in [2.75, 3.05) is 16.3 Å². The van der Waals surface area contributed by atoms with E-state index in [2.05, 4.69) is 15.0 Å². The molecule has 0 saturated carbocycles. The second kappa shape index (κ2) is 8.71. The van der Waals surface area contributed by atoms with Crippen LogP contribution in [0.5, 0.6) is 0 Å². The Kier molecular flexibility index (Phi) is 6.10. The lowest BCUT2D eigenvalue weighted by molar-refractivity contribution is -0.116. The summed E-state index contributed by atoms with van der Waals surface area (Å²) in [6.07, 6.45) is 4.27. The molecule has 0 aliphatic carbocycles. The van der Waals surface area contributed by atoms with Gasteiger partial charge in [0.1, 0.15) is 0 Å². The van der Waals surface area contributed by atoms with E-state index in [0.29, 0.717) is 42.3 Å². The van der Waals surface area contributed by atoms with Gasteiger partial charge in [0.05, 0.1) is 12.5 Å². The zero-order chi connectivity index (χ0) is 20.0. The maximum atomic E-state index is 12.1. The van der Waals surface area contributed by atoms with E-state index in [0.717, 1.165) is 11.8 Å². The molecule has 1 amide bonds. The minimum Gasteiger partial charge on any atom is -0.441 e. The highest BCUT2D eigenvalue weighted by Gasteiger charge is 2.08. The van der Waals surface area contributed by atoms with Crippen LogP contribution in [0.25, 0.3) is 11.3 Å². The van der Waals surface area contributed by atoms with Crippen molar-refractivity contribution in [3.8, 4) is 11.3 Å². The molecule has 146 valence electrons. The molecule has 0 unspecified atom stereocenters. The van der Waals surface area contributed by atoms with Crippen molar-refractivity contribution in [3.05, 3.63) is 66.7 Å². The fraction of sp³-hybridized carbons (Fsp3) is 0.200. The summed E-state index contributed by atoms with van der Waals surface area (Å²) in [4.78, 5) is 16.3. The Bertz CT molecular complexity index is 1030. The predicted octanol–water partition coefficient (Wildman–Crippen LogP) is 3.67. The van der Waals surface area contributed by atoms with Gasteiger partial charge in [-0.15, -0.1) is 0 Å². The number of nitrogens with one attached hydrogen (secondary N) is 2. The Morgan fingerprint density at radius 3 is 2.39 bits per heavy atom. The summed E-state index contributed by atoms with van der Waals surface area (Å²) in [7, 11) is -3.32. The second-order valence-electron chi connectivity index (χ2n) is 6.34. The lowest BCUT2D eigenvalue weighted by Gasteiger charge is -2.07. The van der Waals surface area contributed by atoms with E-state index in [1.807, 2.05) is 30.3 Å². The summed E-state index contributed by atoms with van der Waals surface area (Å²) in [6.45, 7) is 0. The minimum atomic E-state index is -3.32. The second-order valence-corrected chi connectivity index (χ2v) is 8.09. The third-order valence-corrected chi connectivity index (χ3v) is 4.48. The Morgan fingerprint density at radius 2 is 1.71 bits per heavy atom.